The van der Waals surface area contributed by atoms with Gasteiger partial charge in [-0.3, -0.25) is 10.2 Å². The van der Waals surface area contributed by atoms with Gasteiger partial charge in [0.2, 0.25) is 5.82 Å². The SMILES string of the molecule is CCCC(C(=O)NN)n1nnc(-c2ccccc2)n1. The first-order valence-corrected chi connectivity index (χ1v) is 6.11. The van der Waals surface area contributed by atoms with Gasteiger partial charge in [0.25, 0.3) is 5.91 Å². The highest BCUT2D eigenvalue weighted by atomic mass is 16.2. The van der Waals surface area contributed by atoms with E-state index >= 15 is 0 Å². The van der Waals surface area contributed by atoms with Gasteiger partial charge in [0.1, 0.15) is 0 Å². The third-order valence-electron chi connectivity index (χ3n) is 2.75. The molecule has 0 saturated carbocycles. The van der Waals surface area contributed by atoms with Crippen molar-refractivity contribution in [1.29, 1.82) is 0 Å². The second-order valence-corrected chi connectivity index (χ2v) is 4.11. The van der Waals surface area contributed by atoms with Crippen LogP contribution in [0.15, 0.2) is 30.3 Å². The second kappa shape index (κ2) is 6.05. The highest BCUT2D eigenvalue weighted by Crippen LogP contribution is 2.16. The van der Waals surface area contributed by atoms with Crippen LogP contribution in [0.5, 0.6) is 0 Å². The highest BCUT2D eigenvalue weighted by molar-refractivity contribution is 5.79. The van der Waals surface area contributed by atoms with Crippen molar-refractivity contribution >= 4 is 5.91 Å². The summed E-state index contributed by atoms with van der Waals surface area (Å²) in [5.74, 6) is 5.34. The van der Waals surface area contributed by atoms with Crippen LogP contribution in [0.2, 0.25) is 0 Å². The molecule has 7 heteroatoms. The van der Waals surface area contributed by atoms with Crippen molar-refractivity contribution in [3.05, 3.63) is 30.3 Å². The second-order valence-electron chi connectivity index (χ2n) is 4.11. The van der Waals surface area contributed by atoms with E-state index in [4.69, 9.17) is 5.84 Å². The smallest absolute Gasteiger partial charge is 0.260 e. The zero-order valence-electron chi connectivity index (χ0n) is 10.7. The van der Waals surface area contributed by atoms with Gasteiger partial charge in [-0.15, -0.1) is 10.2 Å². The van der Waals surface area contributed by atoms with E-state index in [0.717, 1.165) is 12.0 Å². The van der Waals surface area contributed by atoms with Crippen molar-refractivity contribution in [2.45, 2.75) is 25.8 Å². The van der Waals surface area contributed by atoms with Crippen LogP contribution in [0.3, 0.4) is 0 Å². The number of aromatic nitrogens is 4. The molecule has 0 bridgehead atoms. The van der Waals surface area contributed by atoms with Crippen LogP contribution in [0, 0.1) is 0 Å². The Morgan fingerprint density at radius 3 is 2.79 bits per heavy atom. The lowest BCUT2D eigenvalue weighted by Gasteiger charge is -2.11. The number of rotatable bonds is 5. The van der Waals surface area contributed by atoms with E-state index < -0.39 is 6.04 Å². The van der Waals surface area contributed by atoms with Crippen LogP contribution in [-0.4, -0.2) is 26.1 Å². The number of tetrazole rings is 1. The zero-order valence-corrected chi connectivity index (χ0v) is 10.7. The number of benzene rings is 1. The Bertz CT molecular complexity index is 538. The monoisotopic (exact) mass is 260 g/mol. The molecule has 0 fully saturated rings. The van der Waals surface area contributed by atoms with Gasteiger partial charge < -0.3 is 0 Å². The molecule has 1 aromatic heterocycles. The van der Waals surface area contributed by atoms with Gasteiger partial charge >= 0.3 is 0 Å². The molecule has 0 aliphatic heterocycles. The first-order chi connectivity index (χ1) is 9.26. The summed E-state index contributed by atoms with van der Waals surface area (Å²) in [7, 11) is 0. The van der Waals surface area contributed by atoms with Gasteiger partial charge in [-0.1, -0.05) is 43.7 Å². The predicted molar refractivity (Wildman–Crippen MR) is 69.5 cm³/mol. The van der Waals surface area contributed by atoms with Crippen LogP contribution >= 0.6 is 0 Å². The molecule has 2 aromatic rings. The number of nitrogens with zero attached hydrogens (tertiary/aromatic N) is 4. The molecular formula is C12H16N6O. The van der Waals surface area contributed by atoms with Gasteiger partial charge in [-0.2, -0.15) is 4.80 Å². The minimum Gasteiger partial charge on any atom is -0.292 e. The molecular weight excluding hydrogens is 244 g/mol. The Morgan fingerprint density at radius 1 is 1.42 bits per heavy atom. The molecule has 100 valence electrons. The van der Waals surface area contributed by atoms with Gasteiger partial charge in [0, 0.05) is 5.56 Å². The fourth-order valence-corrected chi connectivity index (χ4v) is 1.78. The van der Waals surface area contributed by atoms with E-state index in [1.54, 1.807) is 0 Å². The number of hydrazine groups is 1. The molecule has 1 unspecified atom stereocenters. The van der Waals surface area contributed by atoms with Crippen molar-refractivity contribution in [2.24, 2.45) is 5.84 Å². The maximum absolute atomic E-state index is 11.7. The number of hydrogen-bond acceptors (Lipinski definition) is 5. The van der Waals surface area contributed by atoms with Crippen LogP contribution in [0.4, 0.5) is 0 Å². The Hall–Kier alpha value is -2.28. The molecule has 2 rings (SSSR count). The topological polar surface area (TPSA) is 98.7 Å². The van der Waals surface area contributed by atoms with Crippen molar-refractivity contribution < 1.29 is 4.79 Å². The summed E-state index contributed by atoms with van der Waals surface area (Å²) < 4.78 is 0. The van der Waals surface area contributed by atoms with Gasteiger partial charge in [-0.05, 0) is 11.6 Å². The average Bonchev–Trinajstić information content (AvgIpc) is 2.94. The predicted octanol–water partition coefficient (Wildman–Crippen LogP) is 0.671. The summed E-state index contributed by atoms with van der Waals surface area (Å²) in [6.07, 6.45) is 1.42. The number of carbonyl (C=O) groups excluding carboxylic acids is 1. The fraction of sp³-hybridized carbons (Fsp3) is 0.333. The van der Waals surface area contributed by atoms with Gasteiger partial charge in [-0.25, -0.2) is 5.84 Å². The molecule has 0 spiro atoms. The molecule has 7 nitrogen and oxygen atoms in total. The van der Waals surface area contributed by atoms with Crippen molar-refractivity contribution in [3.8, 4) is 11.4 Å². The van der Waals surface area contributed by atoms with E-state index in [1.807, 2.05) is 37.3 Å². The normalized spacial score (nSPS) is 12.1. The quantitative estimate of drug-likeness (QED) is 0.467. The summed E-state index contributed by atoms with van der Waals surface area (Å²) in [5.41, 5.74) is 2.99. The molecule has 19 heavy (non-hydrogen) atoms. The number of hydrogen-bond donors (Lipinski definition) is 2. The van der Waals surface area contributed by atoms with E-state index in [1.165, 1.54) is 4.80 Å². The number of carbonyl (C=O) groups is 1. The van der Waals surface area contributed by atoms with Crippen LogP contribution in [0.25, 0.3) is 11.4 Å². The van der Waals surface area contributed by atoms with E-state index in [2.05, 4.69) is 20.8 Å². The van der Waals surface area contributed by atoms with Crippen molar-refractivity contribution in [3.63, 3.8) is 0 Å². The Labute approximate surface area is 110 Å². The lowest BCUT2D eigenvalue weighted by Crippen LogP contribution is -2.38. The van der Waals surface area contributed by atoms with E-state index in [0.29, 0.717) is 12.2 Å². The summed E-state index contributed by atoms with van der Waals surface area (Å²) in [5, 5.41) is 12.2. The van der Waals surface area contributed by atoms with E-state index in [-0.39, 0.29) is 5.91 Å². The van der Waals surface area contributed by atoms with Crippen LogP contribution in [0.1, 0.15) is 25.8 Å². The van der Waals surface area contributed by atoms with E-state index in [9.17, 15) is 4.79 Å². The third-order valence-corrected chi connectivity index (χ3v) is 2.75. The maximum Gasteiger partial charge on any atom is 0.260 e. The highest BCUT2D eigenvalue weighted by Gasteiger charge is 2.21. The Balaban J connectivity index is 2.26. The molecule has 1 aromatic carbocycles. The fourth-order valence-electron chi connectivity index (χ4n) is 1.78. The summed E-state index contributed by atoms with van der Waals surface area (Å²) in [6, 6.07) is 8.95. The molecule has 1 amide bonds. The number of nitrogens with two attached hydrogens (primary N) is 1. The first kappa shape index (κ1) is 13.2. The van der Waals surface area contributed by atoms with Crippen LogP contribution in [-0.2, 0) is 4.79 Å². The largest absolute Gasteiger partial charge is 0.292 e. The minimum atomic E-state index is -0.528. The first-order valence-electron chi connectivity index (χ1n) is 6.11. The van der Waals surface area contributed by atoms with Gasteiger partial charge in [0.15, 0.2) is 6.04 Å². The zero-order chi connectivity index (χ0) is 13.7. The molecule has 0 aliphatic carbocycles. The minimum absolute atomic E-state index is 0.320. The van der Waals surface area contributed by atoms with Crippen LogP contribution < -0.4 is 11.3 Å². The molecule has 1 atom stereocenters. The summed E-state index contributed by atoms with van der Waals surface area (Å²) >= 11 is 0. The molecule has 0 aliphatic rings. The van der Waals surface area contributed by atoms with Gasteiger partial charge in [0.05, 0.1) is 0 Å². The average molecular weight is 260 g/mol. The number of amides is 1. The molecule has 0 radical (unpaired) electrons. The summed E-state index contributed by atoms with van der Waals surface area (Å²) in [4.78, 5) is 13.0. The molecule has 1 heterocycles. The standard InChI is InChI=1S/C12H16N6O/c1-2-6-10(12(19)14-13)18-16-11(15-17-18)9-7-4-3-5-8-9/h3-5,7-8,10H,2,6,13H2,1H3,(H,14,19). The lowest BCUT2D eigenvalue weighted by molar-refractivity contribution is -0.125. The Morgan fingerprint density at radius 2 is 2.16 bits per heavy atom. The lowest BCUT2D eigenvalue weighted by atomic mass is 10.2. The third kappa shape index (κ3) is 2.94. The summed E-state index contributed by atoms with van der Waals surface area (Å²) in [6.45, 7) is 1.98. The maximum atomic E-state index is 11.7. The molecule has 3 N–H and O–H groups in total. The Kier molecular flexibility index (Phi) is 4.19. The van der Waals surface area contributed by atoms with Crippen molar-refractivity contribution in [1.82, 2.24) is 25.6 Å². The van der Waals surface area contributed by atoms with Crippen molar-refractivity contribution in [2.75, 3.05) is 0 Å². The number of nitrogens with one attached hydrogen (secondary N) is 1. The molecule has 0 saturated heterocycles.